The van der Waals surface area contributed by atoms with E-state index in [9.17, 15) is 79.6 Å². The topological polar surface area (TPSA) is 608 Å². The van der Waals surface area contributed by atoms with Crippen LogP contribution in [0.4, 0.5) is 10.2 Å². The predicted molar refractivity (Wildman–Crippen MR) is 444 cm³/mol. The molecule has 2 fully saturated rings. The second-order valence-corrected chi connectivity index (χ2v) is 32.5. The summed E-state index contributed by atoms with van der Waals surface area (Å²) in [5, 5.41) is 138. The average Bonchev–Trinajstić information content (AvgIpc) is 0.766. The first-order valence-electron chi connectivity index (χ1n) is 39.7. The Labute approximate surface area is 736 Å². The van der Waals surface area contributed by atoms with E-state index < -0.39 is 265 Å². The van der Waals surface area contributed by atoms with Gasteiger partial charge in [0.2, 0.25) is 59.3 Å². The summed E-state index contributed by atoms with van der Waals surface area (Å²) >= 11 is 20.2. The minimum absolute atomic E-state index is 0.0672. The van der Waals surface area contributed by atoms with Crippen molar-refractivity contribution < 1.29 is 122 Å². The predicted octanol–water partition coefficient (Wildman–Crippen LogP) is 1.42. The number of hydrogen-bond donors (Lipinski definition) is 21. The third kappa shape index (κ3) is 21.7. The van der Waals surface area contributed by atoms with E-state index in [0.717, 1.165) is 72.8 Å². The second kappa shape index (κ2) is 40.3. The van der Waals surface area contributed by atoms with Crippen LogP contribution in [-0.2, 0) is 70.3 Å². The summed E-state index contributed by atoms with van der Waals surface area (Å²) < 4.78 is 54.7. The van der Waals surface area contributed by atoms with Gasteiger partial charge in [0.05, 0.1) is 58.8 Å². The molecule has 7 aliphatic heterocycles. The van der Waals surface area contributed by atoms with Crippen LogP contribution in [0.5, 0.6) is 46.0 Å². The second-order valence-electron chi connectivity index (χ2n) is 31.3. The average molecular weight is 1820 g/mol. The number of ether oxygens (including phenoxy) is 6. The maximum absolute atomic E-state index is 16.3. The number of carbonyl (C=O) groups excluding carboxylic acids is 9. The van der Waals surface area contributed by atoms with Crippen LogP contribution in [0.1, 0.15) is 117 Å². The van der Waals surface area contributed by atoms with Gasteiger partial charge in [0.25, 0.3) is 5.91 Å². The van der Waals surface area contributed by atoms with E-state index >= 15 is 24.0 Å². The fourth-order valence-electron chi connectivity index (χ4n) is 15.1. The van der Waals surface area contributed by atoms with E-state index in [4.69, 9.17) is 69.0 Å². The molecule has 18 atom stereocenters. The lowest BCUT2D eigenvalue weighted by Gasteiger charge is -2.48. The number of carbonyl (C=O) groups is 9. The van der Waals surface area contributed by atoms with Gasteiger partial charge in [-0.05, 0) is 139 Å². The smallest absolute Gasteiger partial charge is 0.349 e. The quantitative estimate of drug-likeness (QED) is 0.0318. The Hall–Kier alpha value is -12.0. The number of aromatic hydroxyl groups is 3. The van der Waals surface area contributed by atoms with Crippen molar-refractivity contribution in [2.75, 3.05) is 32.1 Å². The number of phenolic OH excluding ortho intramolecular Hbond substituents is 3. The van der Waals surface area contributed by atoms with E-state index in [1.807, 2.05) is 6.07 Å². The molecule has 9 amide bonds. The molecule has 676 valence electrons. The summed E-state index contributed by atoms with van der Waals surface area (Å²) in [6.07, 6.45) is -18.8. The van der Waals surface area contributed by atoms with Gasteiger partial charge < -0.3 is 128 Å². The fraction of sp³-hybridized carbons (Fsp3) is 0.398. The van der Waals surface area contributed by atoms with Crippen LogP contribution < -0.4 is 84.3 Å². The molecule has 0 radical (unpaired) electrons. The number of fused-ring (bicyclic) bond motifs is 15. The van der Waals surface area contributed by atoms with Crippen LogP contribution in [0.25, 0.3) is 11.1 Å². The molecule has 1 aromatic heterocycles. The first-order valence-corrected chi connectivity index (χ1v) is 40.9. The summed E-state index contributed by atoms with van der Waals surface area (Å²) in [5.74, 6) is -17.2. The number of nitrogens with zero attached hydrogens (tertiary/aromatic N) is 3. The van der Waals surface area contributed by atoms with Crippen molar-refractivity contribution in [3.8, 4) is 63.2 Å². The van der Waals surface area contributed by atoms with Crippen LogP contribution >= 0.6 is 34.8 Å². The number of aromatic nitrogens is 2. The number of likely N-dealkylation sites (N-methyl/N-ethyl adjacent to an activating group) is 1. The highest BCUT2D eigenvalue weighted by Crippen LogP contribution is 2.50. The highest BCUT2D eigenvalue weighted by molar-refractivity contribution is 6.32. The molecular formula is C83H91Cl3FN15O25. The van der Waals surface area contributed by atoms with E-state index in [1.165, 1.54) is 55.1 Å². The Morgan fingerprint density at radius 1 is 0.740 bits per heavy atom. The van der Waals surface area contributed by atoms with Crippen molar-refractivity contribution >= 4 is 93.8 Å². The number of hydrazine groups is 1. The number of rotatable bonds is 23. The number of benzene rings is 6. The summed E-state index contributed by atoms with van der Waals surface area (Å²) in [7, 11) is 1.46. The van der Waals surface area contributed by atoms with Crippen LogP contribution in [0, 0.1) is 23.1 Å². The SMILES string of the molecule is CN[C@H](CC(C)C)C(=O)N[C@H]1C(=O)N[C@@H](CC(N)=O)C(=O)N[C@H]2C(=O)N[C@H]3C(=O)N[C@H](C(=O)N[C@@H](C(=O)NNCCC#N)c4cc(O)cc(O)c4-c4cc3ccc4O)[C@H](O)c3ccc(c(Cl)c3)Oc3cc2cc(c3O[C@@H]2O[C@H](CO)[C@@H](O)[C@H](O)[C@H]2O[C@H]2C[C@](C)(NCCn3ccc(NC(=O)Cc4ccc(Cl)c(F)c4)nc3=O)[C@H](O)[C@H](C)O2)Oc2ccc(cc2Cl)[C@H]1O. The Morgan fingerprint density at radius 2 is 1.40 bits per heavy atom. The molecule has 8 heterocycles. The molecule has 22 N–H and O–H groups in total. The summed E-state index contributed by atoms with van der Waals surface area (Å²) in [5.41, 5.74) is 5.92. The van der Waals surface area contributed by atoms with Crippen LogP contribution in [0.2, 0.25) is 15.1 Å². The normalized spacial score (nSPS) is 25.6. The Balaban J connectivity index is 0.998. The first kappa shape index (κ1) is 94.2. The molecule has 6 aromatic carbocycles. The van der Waals surface area contributed by atoms with Crippen molar-refractivity contribution in [3.63, 3.8) is 0 Å². The van der Waals surface area contributed by atoms with Gasteiger partial charge in [-0.2, -0.15) is 10.2 Å². The van der Waals surface area contributed by atoms with Crippen molar-refractivity contribution in [1.82, 2.24) is 62.9 Å². The largest absolute Gasteiger partial charge is 0.508 e. The third-order valence-corrected chi connectivity index (χ3v) is 22.6. The monoisotopic (exact) mass is 1820 g/mol. The minimum atomic E-state index is -2.41. The van der Waals surface area contributed by atoms with Gasteiger partial charge in [-0.15, -0.1) is 0 Å². The first-order chi connectivity index (χ1) is 60.3. The van der Waals surface area contributed by atoms with E-state index in [0.29, 0.717) is 5.56 Å². The van der Waals surface area contributed by atoms with Gasteiger partial charge in [-0.25, -0.2) is 14.6 Å². The van der Waals surface area contributed by atoms with Gasteiger partial charge in [0.15, 0.2) is 23.9 Å². The molecule has 0 unspecified atom stereocenters. The maximum Gasteiger partial charge on any atom is 0.349 e. The van der Waals surface area contributed by atoms with Crippen LogP contribution in [0.3, 0.4) is 0 Å². The van der Waals surface area contributed by atoms with Gasteiger partial charge in [-0.3, -0.25) is 53.1 Å². The summed E-state index contributed by atoms with van der Waals surface area (Å²) in [6, 6.07) is 6.35. The van der Waals surface area contributed by atoms with Crippen molar-refractivity contribution in [1.29, 1.82) is 5.26 Å². The summed E-state index contributed by atoms with van der Waals surface area (Å²) in [6.45, 7) is 5.30. The maximum atomic E-state index is 16.3. The molecule has 0 aliphatic carbocycles. The number of aliphatic hydroxyl groups excluding tert-OH is 6. The highest BCUT2D eigenvalue weighted by Gasteiger charge is 2.52. The standard InChI is InChI=1S/C83H91Cl3FN15O25/c1-34(2)21-48(90-5)74(114)99-65-67(109)38-9-13-52(45(85)25-38)123-54-27-40-28-55(71(54)127-81-72(70(112)69(111)56(33-103)125-81)126-60-32-83(4,73(113)35(3)122-60)91-18-20-102-19-15-58(95-82(102)121)94-59(108)23-36-7-11-44(84)47(87)22-36)124-53-14-10-39(26-46(53)86)68(110)66-79(119)98-64(80(120)101-92-17-6-16-88)43-29-41(104)30-51(106)61(43)42-24-37(8-12-50(42)105)62(76(116)100-66)97-77(117)63(40)96-75(115)49(31-57(89)107)93-78(65)118/h7-15,19,22,24-30,34-35,48-49,56,60,62-70,72-73,81,90-92,103-106,109-113H,6,17-18,20-21,23,31-33H2,1-5H3,(H2,89,107)(H,93,118)(H,96,115)(H,97,117)(H,98,119)(H,99,114)(H,100,116)(H,101,120)(H,94,95,108,121)/t35-,48+,49-,56+,60-,62+,63+,64+,65+,66-,67+,68+,69+,70-,72+,73+,81-,83-/m0/s1. The van der Waals surface area contributed by atoms with Gasteiger partial charge in [0, 0.05) is 61.4 Å². The van der Waals surface area contributed by atoms with Crippen molar-refractivity contribution in [2.24, 2.45) is 11.7 Å². The number of aliphatic hydroxyl groups is 6. The fourth-order valence-corrected chi connectivity index (χ4v) is 15.7. The van der Waals surface area contributed by atoms with Gasteiger partial charge in [-0.1, -0.05) is 72.9 Å². The van der Waals surface area contributed by atoms with E-state index in [2.05, 4.69) is 63.7 Å². The summed E-state index contributed by atoms with van der Waals surface area (Å²) in [4.78, 5) is 150. The number of hydrogen-bond acceptors (Lipinski definition) is 30. The Bertz CT molecular complexity index is 5500. The number of nitrogens with two attached hydrogens (primary N) is 1. The molecule has 127 heavy (non-hydrogen) atoms. The lowest BCUT2D eigenvalue weighted by Crippen LogP contribution is -2.65. The molecule has 0 spiro atoms. The Morgan fingerprint density at radius 3 is 2.04 bits per heavy atom. The lowest BCUT2D eigenvalue weighted by molar-refractivity contribution is -0.334. The third-order valence-electron chi connectivity index (χ3n) is 21.7. The molecule has 2 saturated heterocycles. The number of nitrogens with one attached hydrogen (secondary N) is 11. The molecule has 14 rings (SSSR count). The van der Waals surface area contributed by atoms with Crippen LogP contribution in [-0.4, -0.2) is 214 Å². The number of nitriles is 1. The minimum Gasteiger partial charge on any atom is -0.508 e. The zero-order valence-electron chi connectivity index (χ0n) is 68.1. The molecule has 44 heteroatoms. The zero-order valence-corrected chi connectivity index (χ0v) is 70.4. The molecule has 7 aromatic rings. The number of amides is 9. The van der Waals surface area contributed by atoms with Crippen molar-refractivity contribution in [2.45, 2.75) is 176 Å². The lowest BCUT2D eigenvalue weighted by atomic mass is 9.85. The van der Waals surface area contributed by atoms with Gasteiger partial charge in [0.1, 0.15) is 107 Å². The number of anilines is 1. The van der Waals surface area contributed by atoms with E-state index in [-0.39, 0.29) is 78.8 Å². The van der Waals surface area contributed by atoms with E-state index in [1.54, 1.807) is 20.8 Å². The number of primary amides is 1. The zero-order chi connectivity index (χ0) is 91.9. The van der Waals surface area contributed by atoms with Gasteiger partial charge >= 0.3 is 5.69 Å². The number of halogens is 4. The molecular weight excluding hydrogens is 1730 g/mol. The molecule has 40 nitrogen and oxygen atoms in total. The molecule has 7 aliphatic rings. The number of phenols is 3. The van der Waals surface area contributed by atoms with Crippen LogP contribution in [0.15, 0.2) is 114 Å². The molecule has 0 saturated carbocycles. The Kier molecular flexibility index (Phi) is 29.9. The molecule has 11 bridgehead atoms. The highest BCUT2D eigenvalue weighted by atomic mass is 35.5. The van der Waals surface area contributed by atoms with Crippen molar-refractivity contribution in [3.05, 3.63) is 174 Å².